The maximum absolute atomic E-state index is 10.4. The van der Waals surface area contributed by atoms with Gasteiger partial charge in [0.25, 0.3) is 0 Å². The average Bonchev–Trinajstić information content (AvgIpc) is 3.02. The largest absolute Gasteiger partial charge is 0.388 e. The van der Waals surface area contributed by atoms with Crippen molar-refractivity contribution >= 4 is 16.5 Å². The van der Waals surface area contributed by atoms with E-state index in [0.29, 0.717) is 12.1 Å². The van der Waals surface area contributed by atoms with Crippen LogP contribution >= 0.6 is 11.3 Å². The third-order valence-corrected chi connectivity index (χ3v) is 5.67. The molecule has 1 aliphatic heterocycles. The predicted octanol–water partition coefficient (Wildman–Crippen LogP) is 3.52. The first-order valence-corrected chi connectivity index (χ1v) is 9.66. The highest BCUT2D eigenvalue weighted by molar-refractivity contribution is 7.13. The highest BCUT2D eigenvalue weighted by atomic mass is 32.1. The van der Waals surface area contributed by atoms with Crippen LogP contribution in [0.5, 0.6) is 0 Å². The molecule has 24 heavy (non-hydrogen) atoms. The first-order chi connectivity index (χ1) is 11.6. The number of aliphatic hydroxyl groups is 1. The number of hydrogen-bond acceptors (Lipinski definition) is 5. The quantitative estimate of drug-likeness (QED) is 0.841. The van der Waals surface area contributed by atoms with E-state index in [-0.39, 0.29) is 0 Å². The summed E-state index contributed by atoms with van der Waals surface area (Å²) in [6.07, 6.45) is 2.61. The fourth-order valence-electron chi connectivity index (χ4n) is 3.34. The van der Waals surface area contributed by atoms with Gasteiger partial charge in [0.2, 0.25) is 0 Å². The minimum Gasteiger partial charge on any atom is -0.388 e. The molecule has 5 heteroatoms. The Morgan fingerprint density at radius 1 is 1.29 bits per heavy atom. The van der Waals surface area contributed by atoms with Gasteiger partial charge in [0.05, 0.1) is 11.8 Å². The average molecular weight is 346 g/mol. The monoisotopic (exact) mass is 345 g/mol. The molecule has 0 saturated carbocycles. The SMILES string of the molecule is Cc1csc(N2CCC(N[C@H](C)C[C@H](O)c3ccccc3)CC2)n1. The zero-order valence-corrected chi connectivity index (χ0v) is 15.3. The Kier molecular flexibility index (Phi) is 5.87. The van der Waals surface area contributed by atoms with Crippen molar-refractivity contribution in [2.75, 3.05) is 18.0 Å². The Morgan fingerprint density at radius 2 is 2.00 bits per heavy atom. The first kappa shape index (κ1) is 17.4. The summed E-state index contributed by atoms with van der Waals surface area (Å²) >= 11 is 1.74. The lowest BCUT2D eigenvalue weighted by Gasteiger charge is -2.34. The zero-order chi connectivity index (χ0) is 16.9. The van der Waals surface area contributed by atoms with Gasteiger partial charge in [-0.15, -0.1) is 11.3 Å². The maximum Gasteiger partial charge on any atom is 0.185 e. The molecule has 130 valence electrons. The molecule has 0 aliphatic carbocycles. The lowest BCUT2D eigenvalue weighted by molar-refractivity contribution is 0.150. The summed E-state index contributed by atoms with van der Waals surface area (Å²) in [5.74, 6) is 0. The molecule has 1 fully saturated rings. The van der Waals surface area contributed by atoms with Gasteiger partial charge < -0.3 is 15.3 Å². The van der Waals surface area contributed by atoms with Gasteiger partial charge in [-0.3, -0.25) is 0 Å². The van der Waals surface area contributed by atoms with Crippen LogP contribution in [0.4, 0.5) is 5.13 Å². The summed E-state index contributed by atoms with van der Waals surface area (Å²) in [5, 5.41) is 17.3. The highest BCUT2D eigenvalue weighted by Gasteiger charge is 2.23. The van der Waals surface area contributed by atoms with Gasteiger partial charge >= 0.3 is 0 Å². The van der Waals surface area contributed by atoms with E-state index < -0.39 is 6.10 Å². The van der Waals surface area contributed by atoms with Crippen molar-refractivity contribution in [3.63, 3.8) is 0 Å². The van der Waals surface area contributed by atoms with Gasteiger partial charge in [0.1, 0.15) is 0 Å². The molecule has 3 rings (SSSR count). The van der Waals surface area contributed by atoms with E-state index in [1.54, 1.807) is 11.3 Å². The Morgan fingerprint density at radius 3 is 2.62 bits per heavy atom. The molecule has 0 radical (unpaired) electrons. The topological polar surface area (TPSA) is 48.4 Å². The number of benzene rings is 1. The van der Waals surface area contributed by atoms with Crippen LogP contribution in [0.15, 0.2) is 35.7 Å². The Labute approximate surface area is 148 Å². The molecule has 1 saturated heterocycles. The van der Waals surface area contributed by atoms with E-state index in [9.17, 15) is 5.11 Å². The second kappa shape index (κ2) is 8.10. The number of aliphatic hydroxyl groups excluding tert-OH is 1. The highest BCUT2D eigenvalue weighted by Crippen LogP contribution is 2.24. The number of anilines is 1. The van der Waals surface area contributed by atoms with Crippen molar-refractivity contribution in [3.8, 4) is 0 Å². The van der Waals surface area contributed by atoms with Crippen LogP contribution in [-0.4, -0.2) is 35.3 Å². The van der Waals surface area contributed by atoms with Gasteiger partial charge in [-0.1, -0.05) is 30.3 Å². The number of nitrogens with one attached hydrogen (secondary N) is 1. The van der Waals surface area contributed by atoms with Crippen molar-refractivity contribution in [3.05, 3.63) is 47.0 Å². The summed E-state index contributed by atoms with van der Waals surface area (Å²) in [5.41, 5.74) is 2.11. The molecule has 0 bridgehead atoms. The molecule has 2 atom stereocenters. The van der Waals surface area contributed by atoms with E-state index in [2.05, 4.69) is 27.5 Å². The fraction of sp³-hybridized carbons (Fsp3) is 0.526. The van der Waals surface area contributed by atoms with Crippen LogP contribution < -0.4 is 10.2 Å². The number of hydrogen-bond donors (Lipinski definition) is 2. The van der Waals surface area contributed by atoms with Crippen LogP contribution in [0.2, 0.25) is 0 Å². The molecular weight excluding hydrogens is 318 g/mol. The minimum absolute atomic E-state index is 0.305. The molecular formula is C19H27N3OS. The lowest BCUT2D eigenvalue weighted by Crippen LogP contribution is -2.45. The number of piperidine rings is 1. The van der Waals surface area contributed by atoms with Crippen molar-refractivity contribution in [1.82, 2.24) is 10.3 Å². The maximum atomic E-state index is 10.4. The van der Waals surface area contributed by atoms with Gasteiger partial charge in [-0.25, -0.2) is 4.98 Å². The summed E-state index contributed by atoms with van der Waals surface area (Å²) in [7, 11) is 0. The van der Waals surface area contributed by atoms with Crippen molar-refractivity contribution in [1.29, 1.82) is 0 Å². The summed E-state index contributed by atoms with van der Waals surface area (Å²) in [6, 6.07) is 10.8. The van der Waals surface area contributed by atoms with Gasteiger partial charge in [0.15, 0.2) is 5.13 Å². The normalized spacial score (nSPS) is 18.5. The fourth-order valence-corrected chi connectivity index (χ4v) is 4.20. The minimum atomic E-state index is -0.396. The number of thiazole rings is 1. The second-order valence-corrected chi connectivity index (χ2v) is 7.60. The molecule has 2 aromatic rings. The van der Waals surface area contributed by atoms with E-state index >= 15 is 0 Å². The Balaban J connectivity index is 1.44. The number of nitrogens with zero attached hydrogens (tertiary/aromatic N) is 2. The van der Waals surface area contributed by atoms with Gasteiger partial charge in [0, 0.05) is 30.6 Å². The molecule has 4 nitrogen and oxygen atoms in total. The number of aromatic nitrogens is 1. The van der Waals surface area contributed by atoms with Crippen LogP contribution in [0.1, 0.15) is 43.5 Å². The van der Waals surface area contributed by atoms with Crippen molar-refractivity contribution < 1.29 is 5.11 Å². The van der Waals surface area contributed by atoms with Crippen molar-refractivity contribution in [2.45, 2.75) is 51.3 Å². The van der Waals surface area contributed by atoms with Crippen LogP contribution in [0.25, 0.3) is 0 Å². The van der Waals surface area contributed by atoms with Gasteiger partial charge in [-0.2, -0.15) is 0 Å². The van der Waals surface area contributed by atoms with Crippen LogP contribution in [0, 0.1) is 6.92 Å². The zero-order valence-electron chi connectivity index (χ0n) is 14.5. The molecule has 2 heterocycles. The molecule has 0 amide bonds. The van der Waals surface area contributed by atoms with E-state index in [0.717, 1.165) is 48.7 Å². The number of rotatable bonds is 6. The summed E-state index contributed by atoms with van der Waals surface area (Å²) < 4.78 is 0. The molecule has 0 unspecified atom stereocenters. The third-order valence-electron chi connectivity index (χ3n) is 4.65. The smallest absolute Gasteiger partial charge is 0.185 e. The predicted molar refractivity (Wildman–Crippen MR) is 101 cm³/mol. The lowest BCUT2D eigenvalue weighted by atomic mass is 10.00. The third kappa shape index (κ3) is 4.56. The standard InChI is InChI=1S/C19H27N3OS/c1-14(12-18(23)16-6-4-3-5-7-16)20-17-8-10-22(11-9-17)19-21-15(2)13-24-19/h3-7,13-14,17-18,20,23H,8-12H2,1-2H3/t14-,18+/m1/s1. The van der Waals surface area contributed by atoms with E-state index in [4.69, 9.17) is 0 Å². The van der Waals surface area contributed by atoms with E-state index in [1.165, 1.54) is 0 Å². The Bertz CT molecular complexity index is 623. The summed E-state index contributed by atoms with van der Waals surface area (Å²) in [4.78, 5) is 6.97. The van der Waals surface area contributed by atoms with Gasteiger partial charge in [-0.05, 0) is 38.7 Å². The Hall–Kier alpha value is -1.43. The van der Waals surface area contributed by atoms with E-state index in [1.807, 2.05) is 37.3 Å². The molecule has 1 aromatic heterocycles. The second-order valence-electron chi connectivity index (χ2n) is 6.76. The molecule has 1 aliphatic rings. The number of aryl methyl sites for hydroxylation is 1. The summed E-state index contributed by atoms with van der Waals surface area (Å²) in [6.45, 7) is 6.33. The molecule has 1 aromatic carbocycles. The molecule has 2 N–H and O–H groups in total. The molecule has 0 spiro atoms. The van der Waals surface area contributed by atoms with Crippen LogP contribution in [0.3, 0.4) is 0 Å². The van der Waals surface area contributed by atoms with Crippen LogP contribution in [-0.2, 0) is 0 Å². The first-order valence-electron chi connectivity index (χ1n) is 8.78. The van der Waals surface area contributed by atoms with Crippen molar-refractivity contribution in [2.24, 2.45) is 0 Å².